The van der Waals surface area contributed by atoms with Gasteiger partial charge >= 0.3 is 5.97 Å². The van der Waals surface area contributed by atoms with E-state index in [0.717, 1.165) is 5.39 Å². The maximum absolute atomic E-state index is 12.2. The molecule has 0 unspecified atom stereocenters. The maximum Gasteiger partial charge on any atom is 0.375 e. The minimum Gasteiger partial charge on any atom is -0.494 e. The summed E-state index contributed by atoms with van der Waals surface area (Å²) in [6.45, 7) is 3.89. The number of rotatable bonds is 6. The fourth-order valence-electron chi connectivity index (χ4n) is 2.55. The van der Waals surface area contributed by atoms with Crippen molar-refractivity contribution in [1.29, 1.82) is 0 Å². The molecule has 0 bridgehead atoms. The zero-order valence-corrected chi connectivity index (χ0v) is 14.1. The summed E-state index contributed by atoms with van der Waals surface area (Å²) >= 11 is 0. The van der Waals surface area contributed by atoms with E-state index in [0.29, 0.717) is 29.1 Å². The van der Waals surface area contributed by atoms with Crippen LogP contribution in [-0.4, -0.2) is 25.0 Å². The number of ether oxygens (including phenoxy) is 2. The summed E-state index contributed by atoms with van der Waals surface area (Å²) in [6, 6.07) is 14.1. The molecule has 0 spiro atoms. The lowest BCUT2D eigenvalue weighted by atomic mass is 10.1. The second kappa shape index (κ2) is 7.21. The molecule has 1 heterocycles. The summed E-state index contributed by atoms with van der Waals surface area (Å²) < 4.78 is 16.0. The number of furan rings is 1. The number of esters is 1. The van der Waals surface area contributed by atoms with Gasteiger partial charge in [0.05, 0.1) is 6.61 Å². The molecule has 0 radical (unpaired) electrons. The highest BCUT2D eigenvalue weighted by Crippen LogP contribution is 2.25. The van der Waals surface area contributed by atoms with Crippen LogP contribution in [0.15, 0.2) is 52.9 Å². The summed E-state index contributed by atoms with van der Waals surface area (Å²) in [4.78, 5) is 24.4. The van der Waals surface area contributed by atoms with Crippen LogP contribution in [0.1, 0.15) is 33.4 Å². The van der Waals surface area contributed by atoms with E-state index < -0.39 is 5.97 Å². The highest BCUT2D eigenvalue weighted by atomic mass is 16.5. The van der Waals surface area contributed by atoms with Gasteiger partial charge in [-0.3, -0.25) is 4.79 Å². The van der Waals surface area contributed by atoms with Gasteiger partial charge in [0.1, 0.15) is 11.3 Å². The molecule has 0 saturated heterocycles. The third-order valence-electron chi connectivity index (χ3n) is 3.85. The number of hydrogen-bond donors (Lipinski definition) is 0. The van der Waals surface area contributed by atoms with Crippen LogP contribution in [-0.2, 0) is 4.74 Å². The molecule has 5 nitrogen and oxygen atoms in total. The molecular formula is C20H18O5. The van der Waals surface area contributed by atoms with Crippen LogP contribution in [0, 0.1) is 6.92 Å². The molecule has 0 atom stereocenters. The van der Waals surface area contributed by atoms with E-state index in [1.807, 2.05) is 25.1 Å². The van der Waals surface area contributed by atoms with Gasteiger partial charge in [-0.1, -0.05) is 18.2 Å². The van der Waals surface area contributed by atoms with Crippen LogP contribution < -0.4 is 4.74 Å². The van der Waals surface area contributed by atoms with Crippen LogP contribution in [0.3, 0.4) is 0 Å². The normalized spacial score (nSPS) is 10.6. The van der Waals surface area contributed by atoms with Crippen molar-refractivity contribution in [3.8, 4) is 5.75 Å². The number of ketones is 1. The molecular weight excluding hydrogens is 320 g/mol. The molecule has 0 saturated carbocycles. The van der Waals surface area contributed by atoms with E-state index in [4.69, 9.17) is 13.9 Å². The number of hydrogen-bond acceptors (Lipinski definition) is 5. The molecule has 0 aliphatic carbocycles. The van der Waals surface area contributed by atoms with Gasteiger partial charge < -0.3 is 13.9 Å². The number of Topliss-reactive ketones (excluding diaryl/α,β-unsaturated/α-hetero) is 1. The largest absolute Gasteiger partial charge is 0.494 e. The number of carbonyl (C=O) groups is 2. The first-order valence-corrected chi connectivity index (χ1v) is 8.01. The average molecular weight is 338 g/mol. The summed E-state index contributed by atoms with van der Waals surface area (Å²) in [5, 5.41) is 0.854. The van der Waals surface area contributed by atoms with E-state index in [2.05, 4.69) is 0 Å². The first kappa shape index (κ1) is 16.8. The van der Waals surface area contributed by atoms with E-state index >= 15 is 0 Å². The van der Waals surface area contributed by atoms with Gasteiger partial charge in [0.25, 0.3) is 0 Å². The number of benzene rings is 2. The predicted octanol–water partition coefficient (Wildman–Crippen LogP) is 4.18. The van der Waals surface area contributed by atoms with E-state index in [1.54, 1.807) is 37.3 Å². The molecule has 5 heteroatoms. The third-order valence-corrected chi connectivity index (χ3v) is 3.85. The summed E-state index contributed by atoms with van der Waals surface area (Å²) in [5.74, 6) is -0.118. The molecule has 128 valence electrons. The van der Waals surface area contributed by atoms with Gasteiger partial charge in [0, 0.05) is 16.5 Å². The average Bonchev–Trinajstić information content (AvgIpc) is 2.97. The van der Waals surface area contributed by atoms with Crippen molar-refractivity contribution in [3.63, 3.8) is 0 Å². The number of carbonyl (C=O) groups excluding carboxylic acids is 2. The Hall–Kier alpha value is -3.08. The molecule has 0 aliphatic heterocycles. The summed E-state index contributed by atoms with van der Waals surface area (Å²) in [6.07, 6.45) is 0. The number of aryl methyl sites for hydroxylation is 1. The predicted molar refractivity (Wildman–Crippen MR) is 93.2 cm³/mol. The zero-order chi connectivity index (χ0) is 17.8. The van der Waals surface area contributed by atoms with Crippen molar-refractivity contribution in [2.24, 2.45) is 0 Å². The van der Waals surface area contributed by atoms with Gasteiger partial charge in [0.2, 0.25) is 5.76 Å². The monoisotopic (exact) mass is 338 g/mol. The Morgan fingerprint density at radius 1 is 1.04 bits per heavy atom. The van der Waals surface area contributed by atoms with Gasteiger partial charge in [-0.15, -0.1) is 0 Å². The summed E-state index contributed by atoms with van der Waals surface area (Å²) in [5.41, 5.74) is 1.77. The van der Waals surface area contributed by atoms with Crippen LogP contribution >= 0.6 is 0 Å². The minimum absolute atomic E-state index is 0.126. The van der Waals surface area contributed by atoms with Crippen molar-refractivity contribution in [1.82, 2.24) is 0 Å². The van der Waals surface area contributed by atoms with Crippen molar-refractivity contribution in [3.05, 3.63) is 65.4 Å². The lowest BCUT2D eigenvalue weighted by Gasteiger charge is -2.05. The molecule has 3 rings (SSSR count). The Kier molecular flexibility index (Phi) is 4.84. The van der Waals surface area contributed by atoms with E-state index in [-0.39, 0.29) is 18.2 Å². The Morgan fingerprint density at radius 2 is 1.76 bits per heavy atom. The minimum atomic E-state index is -0.645. The Bertz CT molecular complexity index is 905. The Balaban J connectivity index is 1.66. The Labute approximate surface area is 145 Å². The van der Waals surface area contributed by atoms with Crippen molar-refractivity contribution >= 4 is 22.7 Å². The van der Waals surface area contributed by atoms with Gasteiger partial charge in [0.15, 0.2) is 12.4 Å². The van der Waals surface area contributed by atoms with Gasteiger partial charge in [-0.2, -0.15) is 0 Å². The standard InChI is InChI=1S/C20H18O5/c1-3-23-15-10-8-14(9-11-15)17(21)12-24-20(22)19-13(2)16-6-4-5-7-18(16)25-19/h4-11H,3,12H2,1-2H3. The molecule has 3 aromatic rings. The lowest BCUT2D eigenvalue weighted by molar-refractivity contribution is 0.0445. The first-order valence-electron chi connectivity index (χ1n) is 8.01. The second-order valence-electron chi connectivity index (χ2n) is 5.51. The molecule has 0 fully saturated rings. The van der Waals surface area contributed by atoms with Crippen LogP contribution in [0.2, 0.25) is 0 Å². The first-order chi connectivity index (χ1) is 12.1. The molecule has 2 aromatic carbocycles. The molecule has 25 heavy (non-hydrogen) atoms. The van der Waals surface area contributed by atoms with Crippen molar-refractivity contribution in [2.75, 3.05) is 13.2 Å². The number of fused-ring (bicyclic) bond motifs is 1. The summed E-state index contributed by atoms with van der Waals surface area (Å²) in [7, 11) is 0. The van der Waals surface area contributed by atoms with Crippen molar-refractivity contribution in [2.45, 2.75) is 13.8 Å². The van der Waals surface area contributed by atoms with E-state index in [9.17, 15) is 9.59 Å². The lowest BCUT2D eigenvalue weighted by Crippen LogP contribution is -2.14. The van der Waals surface area contributed by atoms with Crippen LogP contribution in [0.4, 0.5) is 0 Å². The molecule has 0 N–H and O–H groups in total. The van der Waals surface area contributed by atoms with Crippen LogP contribution in [0.25, 0.3) is 11.0 Å². The Morgan fingerprint density at radius 3 is 2.44 bits per heavy atom. The molecule has 0 aliphatic rings. The SMILES string of the molecule is CCOc1ccc(C(=O)COC(=O)c2oc3ccccc3c2C)cc1. The fourth-order valence-corrected chi connectivity index (χ4v) is 2.55. The topological polar surface area (TPSA) is 65.7 Å². The maximum atomic E-state index is 12.2. The highest BCUT2D eigenvalue weighted by Gasteiger charge is 2.20. The second-order valence-corrected chi connectivity index (χ2v) is 5.51. The van der Waals surface area contributed by atoms with Crippen molar-refractivity contribution < 1.29 is 23.5 Å². The highest BCUT2D eigenvalue weighted by molar-refractivity contribution is 6.00. The third kappa shape index (κ3) is 3.55. The smallest absolute Gasteiger partial charge is 0.375 e. The van der Waals surface area contributed by atoms with Gasteiger partial charge in [-0.25, -0.2) is 4.79 Å². The fraction of sp³-hybridized carbons (Fsp3) is 0.200. The number of para-hydroxylation sites is 1. The zero-order valence-electron chi connectivity index (χ0n) is 14.1. The quantitative estimate of drug-likeness (QED) is 0.498. The van der Waals surface area contributed by atoms with E-state index in [1.165, 1.54) is 0 Å². The molecule has 0 amide bonds. The van der Waals surface area contributed by atoms with Gasteiger partial charge in [-0.05, 0) is 44.2 Å². The molecule has 1 aromatic heterocycles. The van der Waals surface area contributed by atoms with Crippen LogP contribution in [0.5, 0.6) is 5.75 Å².